The molecule has 1 heterocycles. The van der Waals surface area contributed by atoms with Gasteiger partial charge in [-0.15, -0.1) is 0 Å². The van der Waals surface area contributed by atoms with Crippen LogP contribution < -0.4 is 10.1 Å². The molecule has 136 valence electrons. The lowest BCUT2D eigenvalue weighted by molar-refractivity contribution is -0.115. The number of aromatic nitrogens is 2. The molecule has 0 fully saturated rings. The first-order valence-electron chi connectivity index (χ1n) is 8.61. The van der Waals surface area contributed by atoms with Crippen LogP contribution in [0.2, 0.25) is 0 Å². The van der Waals surface area contributed by atoms with Crippen LogP contribution >= 0.6 is 0 Å². The van der Waals surface area contributed by atoms with Crippen molar-refractivity contribution in [3.8, 4) is 11.8 Å². The van der Waals surface area contributed by atoms with E-state index in [4.69, 9.17) is 10.00 Å². The normalized spacial score (nSPS) is 10.2. The molecule has 0 aliphatic heterocycles. The van der Waals surface area contributed by atoms with Crippen molar-refractivity contribution >= 4 is 11.6 Å². The standard InChI is InChI=1S/C21H20N4O2/c1-15-11-19(25-24-15)13-21(26)23-18-4-2-3-17(12-18)14-27-20-7-5-16(6-8-20)9-10-22/h2-8,11-12H,9,13-14H2,1H3,(H,23,26)(H,24,25). The van der Waals surface area contributed by atoms with Crippen LogP contribution in [0.15, 0.2) is 54.6 Å². The molecule has 0 spiro atoms. The molecule has 0 bridgehead atoms. The van der Waals surface area contributed by atoms with Gasteiger partial charge in [0.2, 0.25) is 5.91 Å². The number of carbonyl (C=O) groups is 1. The molecule has 2 aromatic carbocycles. The second-order valence-electron chi connectivity index (χ2n) is 6.24. The molecule has 3 aromatic rings. The zero-order chi connectivity index (χ0) is 19.1. The van der Waals surface area contributed by atoms with Crippen molar-refractivity contribution in [1.29, 1.82) is 5.26 Å². The number of H-pyrrole nitrogens is 1. The Bertz CT molecular complexity index is 955. The maximum absolute atomic E-state index is 12.1. The molecule has 0 radical (unpaired) electrons. The van der Waals surface area contributed by atoms with Crippen molar-refractivity contribution in [2.75, 3.05) is 5.32 Å². The van der Waals surface area contributed by atoms with Crippen molar-refractivity contribution in [2.45, 2.75) is 26.4 Å². The highest BCUT2D eigenvalue weighted by Gasteiger charge is 2.07. The first-order valence-corrected chi connectivity index (χ1v) is 8.61. The summed E-state index contributed by atoms with van der Waals surface area (Å²) < 4.78 is 5.77. The highest BCUT2D eigenvalue weighted by molar-refractivity contribution is 5.92. The quantitative estimate of drug-likeness (QED) is 0.674. The van der Waals surface area contributed by atoms with Crippen molar-refractivity contribution in [1.82, 2.24) is 10.2 Å². The molecule has 6 nitrogen and oxygen atoms in total. The number of aryl methyl sites for hydroxylation is 1. The predicted octanol–water partition coefficient (Wildman–Crippen LogP) is 3.54. The third-order valence-electron chi connectivity index (χ3n) is 3.92. The lowest BCUT2D eigenvalue weighted by Gasteiger charge is -2.09. The molecule has 0 unspecified atom stereocenters. The SMILES string of the molecule is Cc1cc(CC(=O)Nc2cccc(COc3ccc(CC#N)cc3)c2)n[nH]1. The summed E-state index contributed by atoms with van der Waals surface area (Å²) >= 11 is 0. The summed E-state index contributed by atoms with van der Waals surface area (Å²) in [7, 11) is 0. The second-order valence-corrected chi connectivity index (χ2v) is 6.24. The van der Waals surface area contributed by atoms with Crippen LogP contribution in [0, 0.1) is 18.3 Å². The van der Waals surface area contributed by atoms with E-state index in [1.807, 2.05) is 61.5 Å². The minimum absolute atomic E-state index is 0.118. The Kier molecular flexibility index (Phi) is 5.85. The number of aromatic amines is 1. The lowest BCUT2D eigenvalue weighted by atomic mass is 10.1. The fraction of sp³-hybridized carbons (Fsp3) is 0.190. The van der Waals surface area contributed by atoms with Gasteiger partial charge in [0.05, 0.1) is 24.6 Å². The zero-order valence-electron chi connectivity index (χ0n) is 15.0. The molecule has 0 aliphatic carbocycles. The molecule has 1 amide bonds. The number of nitrogens with zero attached hydrogens (tertiary/aromatic N) is 2. The molecule has 0 saturated carbocycles. The minimum atomic E-state index is -0.118. The highest BCUT2D eigenvalue weighted by Crippen LogP contribution is 2.17. The van der Waals surface area contributed by atoms with Gasteiger partial charge in [-0.05, 0) is 48.4 Å². The van der Waals surface area contributed by atoms with Gasteiger partial charge in [-0.1, -0.05) is 24.3 Å². The summed E-state index contributed by atoms with van der Waals surface area (Å²) in [4.78, 5) is 12.1. The summed E-state index contributed by atoms with van der Waals surface area (Å²) in [6.07, 6.45) is 0.611. The Morgan fingerprint density at radius 1 is 1.19 bits per heavy atom. The first-order chi connectivity index (χ1) is 13.1. The predicted molar refractivity (Wildman–Crippen MR) is 102 cm³/mol. The summed E-state index contributed by atoms with van der Waals surface area (Å²) in [5.41, 5.74) is 4.27. The van der Waals surface area contributed by atoms with Gasteiger partial charge in [0.15, 0.2) is 0 Å². The van der Waals surface area contributed by atoms with Crippen LogP contribution in [0.4, 0.5) is 5.69 Å². The topological polar surface area (TPSA) is 90.8 Å². The molecule has 6 heteroatoms. The van der Waals surface area contributed by atoms with Crippen LogP contribution in [0.3, 0.4) is 0 Å². The average molecular weight is 360 g/mol. The largest absolute Gasteiger partial charge is 0.489 e. The lowest BCUT2D eigenvalue weighted by Crippen LogP contribution is -2.14. The van der Waals surface area contributed by atoms with Crippen LogP contribution in [0.5, 0.6) is 5.75 Å². The molecule has 0 saturated heterocycles. The fourth-order valence-electron chi connectivity index (χ4n) is 2.64. The van der Waals surface area contributed by atoms with E-state index in [9.17, 15) is 4.79 Å². The van der Waals surface area contributed by atoms with E-state index in [1.165, 1.54) is 0 Å². The van der Waals surface area contributed by atoms with Crippen molar-refractivity contribution in [3.63, 3.8) is 0 Å². The maximum atomic E-state index is 12.1. The Labute approximate surface area is 157 Å². The Morgan fingerprint density at radius 3 is 2.70 bits per heavy atom. The number of rotatable bonds is 7. The van der Waals surface area contributed by atoms with Gasteiger partial charge in [-0.3, -0.25) is 9.89 Å². The molecule has 3 rings (SSSR count). The highest BCUT2D eigenvalue weighted by atomic mass is 16.5. The van der Waals surface area contributed by atoms with Gasteiger partial charge < -0.3 is 10.1 Å². The number of ether oxygens (including phenoxy) is 1. The average Bonchev–Trinajstić information content (AvgIpc) is 3.06. The molecular formula is C21H20N4O2. The molecular weight excluding hydrogens is 340 g/mol. The molecule has 0 atom stereocenters. The summed E-state index contributed by atoms with van der Waals surface area (Å²) in [6, 6.07) is 19.0. The van der Waals surface area contributed by atoms with E-state index in [0.717, 1.165) is 28.3 Å². The third-order valence-corrected chi connectivity index (χ3v) is 3.92. The van der Waals surface area contributed by atoms with E-state index in [2.05, 4.69) is 21.6 Å². The van der Waals surface area contributed by atoms with Gasteiger partial charge in [-0.2, -0.15) is 10.4 Å². The van der Waals surface area contributed by atoms with Gasteiger partial charge in [0, 0.05) is 11.4 Å². The van der Waals surface area contributed by atoms with Crippen LogP contribution in [-0.4, -0.2) is 16.1 Å². The number of nitriles is 1. The van der Waals surface area contributed by atoms with E-state index in [0.29, 0.717) is 18.7 Å². The van der Waals surface area contributed by atoms with Crippen molar-refractivity contribution < 1.29 is 9.53 Å². The van der Waals surface area contributed by atoms with E-state index >= 15 is 0 Å². The van der Waals surface area contributed by atoms with Crippen LogP contribution in [0.25, 0.3) is 0 Å². The van der Waals surface area contributed by atoms with E-state index < -0.39 is 0 Å². The minimum Gasteiger partial charge on any atom is -0.489 e. The Balaban J connectivity index is 1.55. The number of benzene rings is 2. The van der Waals surface area contributed by atoms with Gasteiger partial charge >= 0.3 is 0 Å². The van der Waals surface area contributed by atoms with Crippen molar-refractivity contribution in [2.24, 2.45) is 0 Å². The van der Waals surface area contributed by atoms with Crippen LogP contribution in [-0.2, 0) is 24.2 Å². The smallest absolute Gasteiger partial charge is 0.230 e. The number of hydrogen-bond donors (Lipinski definition) is 2. The first kappa shape index (κ1) is 18.2. The Hall–Kier alpha value is -3.59. The summed E-state index contributed by atoms with van der Waals surface area (Å²) in [5.74, 6) is 0.618. The monoisotopic (exact) mass is 360 g/mol. The Morgan fingerprint density at radius 2 is 2.00 bits per heavy atom. The second kappa shape index (κ2) is 8.68. The van der Waals surface area contributed by atoms with Crippen LogP contribution in [0.1, 0.15) is 22.5 Å². The van der Waals surface area contributed by atoms with E-state index in [-0.39, 0.29) is 12.3 Å². The number of anilines is 1. The summed E-state index contributed by atoms with van der Waals surface area (Å²) in [6.45, 7) is 2.29. The van der Waals surface area contributed by atoms with Gasteiger partial charge in [0.25, 0.3) is 0 Å². The molecule has 0 aliphatic rings. The number of hydrogen-bond acceptors (Lipinski definition) is 4. The molecule has 1 aromatic heterocycles. The zero-order valence-corrected chi connectivity index (χ0v) is 15.0. The molecule has 2 N–H and O–H groups in total. The van der Waals surface area contributed by atoms with Gasteiger partial charge in [0.1, 0.15) is 12.4 Å². The third kappa shape index (κ3) is 5.44. The van der Waals surface area contributed by atoms with Gasteiger partial charge in [-0.25, -0.2) is 0 Å². The number of carbonyl (C=O) groups excluding carboxylic acids is 1. The molecule has 27 heavy (non-hydrogen) atoms. The maximum Gasteiger partial charge on any atom is 0.230 e. The fourth-order valence-corrected chi connectivity index (χ4v) is 2.64. The number of amides is 1. The van der Waals surface area contributed by atoms with Crippen molar-refractivity contribution in [3.05, 3.63) is 77.1 Å². The van der Waals surface area contributed by atoms with E-state index in [1.54, 1.807) is 0 Å². The summed E-state index contributed by atoms with van der Waals surface area (Å²) in [5, 5.41) is 18.5. The number of nitrogens with one attached hydrogen (secondary N) is 2.